The van der Waals surface area contributed by atoms with Crippen molar-refractivity contribution >= 4 is 23.4 Å². The lowest BCUT2D eigenvalue weighted by atomic mass is 10.2. The van der Waals surface area contributed by atoms with E-state index in [2.05, 4.69) is 20.1 Å². The lowest BCUT2D eigenvalue weighted by molar-refractivity contribution is -0.120. The van der Waals surface area contributed by atoms with Crippen LogP contribution in [-0.4, -0.2) is 108 Å². The van der Waals surface area contributed by atoms with E-state index in [9.17, 15) is 18.4 Å². The molecule has 5 rings (SSSR count). The molecule has 1 unspecified atom stereocenters. The number of likely N-dealkylation sites (N-methyl/N-ethyl adjacent to an activating group) is 1. The molecule has 10 nitrogen and oxygen atoms in total. The number of benzene rings is 1. The smallest absolute Gasteiger partial charge is 0.325 e. The number of halogens is 2. The molecule has 1 aromatic heterocycles. The zero-order valence-electron chi connectivity index (χ0n) is 22.7. The van der Waals surface area contributed by atoms with Crippen LogP contribution in [0.2, 0.25) is 0 Å². The van der Waals surface area contributed by atoms with E-state index in [4.69, 9.17) is 0 Å². The van der Waals surface area contributed by atoms with Crippen molar-refractivity contribution in [3.8, 4) is 0 Å². The molecule has 3 aliphatic heterocycles. The number of hydrogen-bond acceptors (Lipinski definition) is 7. The Morgan fingerprint density at radius 2 is 1.72 bits per heavy atom. The van der Waals surface area contributed by atoms with Crippen molar-refractivity contribution in [3.63, 3.8) is 0 Å². The van der Waals surface area contributed by atoms with E-state index in [0.717, 1.165) is 49.5 Å². The maximum absolute atomic E-state index is 13.5. The van der Waals surface area contributed by atoms with Crippen LogP contribution in [-0.2, 0) is 11.3 Å². The van der Waals surface area contributed by atoms with Gasteiger partial charge in [0.15, 0.2) is 0 Å². The van der Waals surface area contributed by atoms with Crippen LogP contribution in [0.3, 0.4) is 0 Å². The van der Waals surface area contributed by atoms with Gasteiger partial charge in [0.05, 0.1) is 30.8 Å². The van der Waals surface area contributed by atoms with E-state index < -0.39 is 17.7 Å². The molecular weight excluding hydrogens is 506 g/mol. The van der Waals surface area contributed by atoms with Crippen LogP contribution >= 0.6 is 0 Å². The number of urea groups is 1. The number of nitrogens with one attached hydrogen (secondary N) is 1. The fourth-order valence-corrected chi connectivity index (χ4v) is 5.48. The van der Waals surface area contributed by atoms with E-state index in [1.807, 2.05) is 29.8 Å². The molecule has 0 radical (unpaired) electrons. The molecule has 1 atom stereocenters. The molecule has 2 aromatic rings. The number of nitrogens with zero attached hydrogens (tertiary/aromatic N) is 7. The molecule has 0 spiro atoms. The number of carbonyl (C=O) groups excluding carboxylic acids is 2. The topological polar surface area (TPSA) is 78.5 Å². The summed E-state index contributed by atoms with van der Waals surface area (Å²) >= 11 is 0. The molecule has 12 heteroatoms. The Morgan fingerprint density at radius 1 is 1.03 bits per heavy atom. The van der Waals surface area contributed by atoms with E-state index in [-0.39, 0.29) is 11.9 Å². The molecule has 1 aromatic carbocycles. The molecule has 0 bridgehead atoms. The predicted octanol–water partition coefficient (Wildman–Crippen LogP) is 2.38. The molecule has 4 heterocycles. The standard InChI is InChI=1S/C27H34F2N8O2/c1-18(37-17-33(3)26-23(37)16-32(2)27(39)34(26)4)25(38)31-24-6-5-22(14-30-24)36-9-7-35(8-10-36)15-19-11-20(28)13-21(29)12-19/h5-6,11-14,18H,7-10,15-17H2,1-4H3,(H,30,31,38). The van der Waals surface area contributed by atoms with Crippen LogP contribution in [0.15, 0.2) is 48.0 Å². The number of rotatable bonds is 6. The van der Waals surface area contributed by atoms with Gasteiger partial charge >= 0.3 is 6.03 Å². The summed E-state index contributed by atoms with van der Waals surface area (Å²) in [4.78, 5) is 41.6. The monoisotopic (exact) mass is 540 g/mol. The second-order valence-electron chi connectivity index (χ2n) is 10.4. The van der Waals surface area contributed by atoms with Crippen molar-refractivity contribution < 1.29 is 18.4 Å². The lowest BCUT2D eigenvalue weighted by Crippen LogP contribution is -2.48. The van der Waals surface area contributed by atoms with E-state index in [1.165, 1.54) is 12.1 Å². The summed E-state index contributed by atoms with van der Waals surface area (Å²) in [6.07, 6.45) is 1.75. The van der Waals surface area contributed by atoms with Crippen LogP contribution in [0.5, 0.6) is 0 Å². The van der Waals surface area contributed by atoms with Crippen molar-refractivity contribution in [3.05, 3.63) is 65.2 Å². The Kier molecular flexibility index (Phi) is 7.30. The number of pyridine rings is 1. The number of piperazine rings is 1. The van der Waals surface area contributed by atoms with Crippen LogP contribution in [0.4, 0.5) is 25.1 Å². The van der Waals surface area contributed by atoms with Gasteiger partial charge < -0.3 is 24.9 Å². The van der Waals surface area contributed by atoms with Crippen molar-refractivity contribution in [2.24, 2.45) is 0 Å². The third kappa shape index (κ3) is 5.47. The van der Waals surface area contributed by atoms with Gasteiger partial charge in [-0.1, -0.05) is 0 Å². The average Bonchev–Trinajstić information content (AvgIpc) is 3.23. The molecule has 1 fully saturated rings. The summed E-state index contributed by atoms with van der Waals surface area (Å²) in [5.74, 6) is -0.00393. The SMILES string of the molecule is CC(C(=O)Nc1ccc(N2CCN(Cc3cc(F)cc(F)c3)CC2)cn1)N1CN(C)C2=C1CN(C)C(=O)N2C. The van der Waals surface area contributed by atoms with Crippen molar-refractivity contribution in [2.45, 2.75) is 19.5 Å². The third-order valence-electron chi connectivity index (χ3n) is 7.56. The number of hydrogen-bond donors (Lipinski definition) is 1. The second kappa shape index (κ2) is 10.7. The molecular formula is C27H34F2N8O2. The first-order chi connectivity index (χ1) is 18.6. The lowest BCUT2D eigenvalue weighted by Gasteiger charge is -2.36. The Labute approximate surface area is 227 Å². The highest BCUT2D eigenvalue weighted by atomic mass is 19.1. The minimum atomic E-state index is -0.559. The van der Waals surface area contributed by atoms with Gasteiger partial charge in [-0.2, -0.15) is 0 Å². The van der Waals surface area contributed by atoms with Crippen LogP contribution in [0, 0.1) is 11.6 Å². The average molecular weight is 541 g/mol. The first kappa shape index (κ1) is 26.7. The zero-order chi connectivity index (χ0) is 27.8. The maximum Gasteiger partial charge on any atom is 0.325 e. The van der Waals surface area contributed by atoms with E-state index >= 15 is 0 Å². The molecule has 39 heavy (non-hydrogen) atoms. The van der Waals surface area contributed by atoms with Gasteiger partial charge in [0, 0.05) is 59.9 Å². The third-order valence-corrected chi connectivity index (χ3v) is 7.56. The first-order valence-corrected chi connectivity index (χ1v) is 13.0. The summed E-state index contributed by atoms with van der Waals surface area (Å²) in [7, 11) is 5.41. The van der Waals surface area contributed by atoms with Gasteiger partial charge in [-0.3, -0.25) is 14.6 Å². The van der Waals surface area contributed by atoms with Gasteiger partial charge in [0.1, 0.15) is 29.3 Å². The van der Waals surface area contributed by atoms with E-state index in [1.54, 1.807) is 36.2 Å². The van der Waals surface area contributed by atoms with Crippen molar-refractivity contribution in [2.75, 3.05) is 70.8 Å². The number of anilines is 2. The Morgan fingerprint density at radius 3 is 2.36 bits per heavy atom. The van der Waals surface area contributed by atoms with Crippen LogP contribution < -0.4 is 10.2 Å². The molecule has 1 N–H and O–H groups in total. The number of amides is 3. The second-order valence-corrected chi connectivity index (χ2v) is 10.4. The Bertz CT molecular complexity index is 1260. The zero-order valence-corrected chi connectivity index (χ0v) is 22.7. The normalized spacial score (nSPS) is 19.1. The number of aromatic nitrogens is 1. The summed E-state index contributed by atoms with van der Waals surface area (Å²) in [6, 6.07) is 6.82. The van der Waals surface area contributed by atoms with Gasteiger partial charge in [0.2, 0.25) is 5.91 Å². The highest BCUT2D eigenvalue weighted by Crippen LogP contribution is 2.31. The number of carbonyl (C=O) groups is 2. The van der Waals surface area contributed by atoms with Gasteiger partial charge in [-0.15, -0.1) is 0 Å². The summed E-state index contributed by atoms with van der Waals surface area (Å²) in [5.41, 5.74) is 2.52. The fraction of sp³-hybridized carbons (Fsp3) is 0.444. The Balaban J connectivity index is 1.16. The molecule has 3 aliphatic rings. The summed E-state index contributed by atoms with van der Waals surface area (Å²) in [5, 5.41) is 2.92. The van der Waals surface area contributed by atoms with Crippen molar-refractivity contribution in [1.82, 2.24) is 29.5 Å². The Hall–Kier alpha value is -3.93. The first-order valence-electron chi connectivity index (χ1n) is 13.0. The largest absolute Gasteiger partial charge is 0.368 e. The van der Waals surface area contributed by atoms with Gasteiger partial charge in [-0.25, -0.2) is 18.6 Å². The van der Waals surface area contributed by atoms with Crippen LogP contribution in [0.1, 0.15) is 12.5 Å². The van der Waals surface area contributed by atoms with Crippen LogP contribution in [0.25, 0.3) is 0 Å². The molecule has 0 saturated carbocycles. The van der Waals surface area contributed by atoms with Crippen molar-refractivity contribution in [1.29, 1.82) is 0 Å². The predicted molar refractivity (Wildman–Crippen MR) is 143 cm³/mol. The quantitative estimate of drug-likeness (QED) is 0.603. The highest BCUT2D eigenvalue weighted by Gasteiger charge is 2.40. The maximum atomic E-state index is 13.5. The summed E-state index contributed by atoms with van der Waals surface area (Å²) < 4.78 is 27.0. The van der Waals surface area contributed by atoms with E-state index in [0.29, 0.717) is 31.1 Å². The van der Waals surface area contributed by atoms with Gasteiger partial charge in [0.25, 0.3) is 0 Å². The summed E-state index contributed by atoms with van der Waals surface area (Å²) in [6.45, 7) is 6.33. The molecule has 1 saturated heterocycles. The fourth-order valence-electron chi connectivity index (χ4n) is 5.48. The minimum absolute atomic E-state index is 0.0766. The molecule has 0 aliphatic carbocycles. The highest BCUT2D eigenvalue weighted by molar-refractivity contribution is 5.94. The molecule has 3 amide bonds. The molecule has 208 valence electrons. The van der Waals surface area contributed by atoms with Gasteiger partial charge in [-0.05, 0) is 36.8 Å². The minimum Gasteiger partial charge on any atom is -0.368 e.